The number of nitrogens with zero attached hydrogens (tertiary/aromatic N) is 2. The molecular weight excluding hydrogens is 668 g/mol. The fourth-order valence-corrected chi connectivity index (χ4v) is 7.84. The highest BCUT2D eigenvalue weighted by Gasteiger charge is 2.62. The lowest BCUT2D eigenvalue weighted by atomic mass is 9.82. The number of carbonyl (C=O) groups is 6. The van der Waals surface area contributed by atoms with Gasteiger partial charge in [0.2, 0.25) is 17.7 Å². The number of esters is 1. The molecule has 52 heavy (non-hydrogen) atoms. The van der Waals surface area contributed by atoms with E-state index in [1.54, 1.807) is 31.7 Å². The number of benzene rings is 1. The van der Waals surface area contributed by atoms with E-state index in [4.69, 9.17) is 9.47 Å². The van der Waals surface area contributed by atoms with Gasteiger partial charge in [0.15, 0.2) is 0 Å². The third-order valence-corrected chi connectivity index (χ3v) is 11.0. The maximum Gasteiger partial charge on any atom is 0.410 e. The van der Waals surface area contributed by atoms with E-state index in [2.05, 4.69) is 27.8 Å². The number of amides is 6. The molecule has 0 spiro atoms. The minimum Gasteiger partial charge on any atom is -0.467 e. The summed E-state index contributed by atoms with van der Waals surface area (Å²) in [6.45, 7) is 9.88. The van der Waals surface area contributed by atoms with Crippen LogP contribution in [0.5, 0.6) is 0 Å². The first kappa shape index (κ1) is 38.6. The van der Waals surface area contributed by atoms with Crippen molar-refractivity contribution in [3.05, 3.63) is 48.0 Å². The summed E-state index contributed by atoms with van der Waals surface area (Å²) in [4.78, 5) is 84.1. The molecule has 2 heterocycles. The van der Waals surface area contributed by atoms with Crippen molar-refractivity contribution in [3.63, 3.8) is 0 Å². The summed E-state index contributed by atoms with van der Waals surface area (Å²) < 4.78 is 10.9. The molecule has 4 N–H and O–H groups in total. The molecule has 6 atom stereocenters. The topological polar surface area (TPSA) is 175 Å². The van der Waals surface area contributed by atoms with Gasteiger partial charge in [0, 0.05) is 32.5 Å². The van der Waals surface area contributed by atoms with Gasteiger partial charge in [0.05, 0.1) is 13.7 Å². The highest BCUT2D eigenvalue weighted by Crippen LogP contribution is 2.45. The number of methoxy groups -OCH3 is 1. The third-order valence-electron chi connectivity index (χ3n) is 11.0. The summed E-state index contributed by atoms with van der Waals surface area (Å²) in [6, 6.07) is 4.18. The molecular formula is C38H54N6O8. The number of ether oxygens (including phenoxy) is 2. The second-order valence-electron chi connectivity index (χ2n) is 15.6. The molecule has 284 valence electrons. The van der Waals surface area contributed by atoms with Gasteiger partial charge >= 0.3 is 18.1 Å². The van der Waals surface area contributed by atoms with Crippen LogP contribution in [0.2, 0.25) is 0 Å². The maximum absolute atomic E-state index is 14.2. The lowest BCUT2D eigenvalue weighted by Crippen LogP contribution is -2.61. The largest absolute Gasteiger partial charge is 0.467 e. The van der Waals surface area contributed by atoms with Gasteiger partial charge in [-0.1, -0.05) is 70.4 Å². The first-order chi connectivity index (χ1) is 24.7. The number of rotatable bonds is 10. The Hall–Kier alpha value is -4.62. The minimum absolute atomic E-state index is 0.0317. The Labute approximate surface area is 305 Å². The van der Waals surface area contributed by atoms with Crippen LogP contribution in [0, 0.1) is 17.3 Å². The standard InChI is InChI=1S/C38H54N6O8/c1-7-26-20-38(26,34(48)51-6)42-35(49)44-22-27(52-36(50)43-18-17-23-13-11-12-16-25(23)21-43)19-28(44)31(45)41-30(37(2,3)4)33(47)40-29(32(46)39-5)24-14-9-8-10-15-24/h7,11-13,16,24,26-30H,1,8-10,14-15,17-22H2,2-6H3,(H,39,46)(H,40,47)(H,41,45)(H,42,49)/t26?,27-,28-,29-,30+,38?/m0/s1. The molecule has 1 aromatic carbocycles. The normalized spacial score (nSPS) is 25.4. The van der Waals surface area contributed by atoms with Crippen LogP contribution in [0.1, 0.15) is 76.8 Å². The van der Waals surface area contributed by atoms with Gasteiger partial charge in [0.25, 0.3) is 0 Å². The minimum atomic E-state index is -1.33. The zero-order valence-corrected chi connectivity index (χ0v) is 31.0. The van der Waals surface area contributed by atoms with Crippen LogP contribution < -0.4 is 21.3 Å². The molecule has 4 aliphatic rings. The molecule has 1 saturated heterocycles. The van der Waals surface area contributed by atoms with Gasteiger partial charge in [0.1, 0.15) is 29.8 Å². The van der Waals surface area contributed by atoms with Crippen LogP contribution >= 0.6 is 0 Å². The zero-order chi connectivity index (χ0) is 37.8. The molecule has 1 aromatic rings. The molecule has 0 radical (unpaired) electrons. The lowest BCUT2D eigenvalue weighted by molar-refractivity contribution is -0.144. The van der Waals surface area contributed by atoms with E-state index in [1.165, 1.54) is 24.6 Å². The predicted octanol–water partition coefficient (Wildman–Crippen LogP) is 2.79. The number of likely N-dealkylation sites (tertiary alicyclic amines) is 1. The van der Waals surface area contributed by atoms with E-state index in [1.807, 2.05) is 24.3 Å². The van der Waals surface area contributed by atoms with Crippen molar-refractivity contribution in [1.29, 1.82) is 0 Å². The number of urea groups is 1. The second-order valence-corrected chi connectivity index (χ2v) is 15.6. The molecule has 2 unspecified atom stereocenters. The monoisotopic (exact) mass is 722 g/mol. The van der Waals surface area contributed by atoms with E-state index >= 15 is 0 Å². The first-order valence-corrected chi connectivity index (χ1v) is 18.4. The van der Waals surface area contributed by atoms with Crippen LogP contribution in [-0.2, 0) is 41.6 Å². The summed E-state index contributed by atoms with van der Waals surface area (Å²) >= 11 is 0. The molecule has 2 aliphatic carbocycles. The van der Waals surface area contributed by atoms with Crippen molar-refractivity contribution in [2.24, 2.45) is 17.3 Å². The number of nitrogens with one attached hydrogen (secondary N) is 4. The molecule has 0 bridgehead atoms. The van der Waals surface area contributed by atoms with E-state index in [9.17, 15) is 28.8 Å². The van der Waals surface area contributed by atoms with E-state index in [-0.39, 0.29) is 37.1 Å². The van der Waals surface area contributed by atoms with Gasteiger partial charge in [-0.05, 0) is 48.1 Å². The summed E-state index contributed by atoms with van der Waals surface area (Å²) in [6.07, 6.45) is 5.71. The van der Waals surface area contributed by atoms with Crippen LogP contribution in [0.25, 0.3) is 0 Å². The first-order valence-electron chi connectivity index (χ1n) is 18.4. The Morgan fingerprint density at radius 2 is 1.69 bits per heavy atom. The van der Waals surface area contributed by atoms with Crippen molar-refractivity contribution in [2.45, 2.75) is 108 Å². The van der Waals surface area contributed by atoms with Crippen molar-refractivity contribution in [3.8, 4) is 0 Å². The molecule has 14 nitrogen and oxygen atoms in total. The van der Waals surface area contributed by atoms with Gasteiger partial charge < -0.3 is 40.5 Å². The maximum atomic E-state index is 14.2. The van der Waals surface area contributed by atoms with Gasteiger partial charge in [-0.15, -0.1) is 6.58 Å². The molecule has 14 heteroatoms. The second kappa shape index (κ2) is 16.0. The zero-order valence-electron chi connectivity index (χ0n) is 31.0. The van der Waals surface area contributed by atoms with E-state index in [0.29, 0.717) is 19.5 Å². The van der Waals surface area contributed by atoms with E-state index in [0.717, 1.165) is 37.7 Å². The predicted molar refractivity (Wildman–Crippen MR) is 191 cm³/mol. The third kappa shape index (κ3) is 8.36. The highest BCUT2D eigenvalue weighted by molar-refractivity contribution is 5.96. The fourth-order valence-electron chi connectivity index (χ4n) is 7.84. The van der Waals surface area contributed by atoms with Crippen LogP contribution in [-0.4, -0.2) is 103 Å². The smallest absolute Gasteiger partial charge is 0.410 e. The van der Waals surface area contributed by atoms with Gasteiger partial charge in [-0.3, -0.25) is 14.4 Å². The summed E-state index contributed by atoms with van der Waals surface area (Å²) in [5.41, 5.74) is 0.0781. The summed E-state index contributed by atoms with van der Waals surface area (Å²) in [7, 11) is 2.76. The molecule has 2 aliphatic heterocycles. The highest BCUT2D eigenvalue weighted by atomic mass is 16.6. The average Bonchev–Trinajstić information content (AvgIpc) is 3.69. The fraction of sp³-hybridized carbons (Fsp3) is 0.632. The molecule has 2 saturated carbocycles. The number of fused-ring (bicyclic) bond motifs is 1. The van der Waals surface area contributed by atoms with Crippen LogP contribution in [0.3, 0.4) is 0 Å². The quantitative estimate of drug-likeness (QED) is 0.211. The molecule has 0 aromatic heterocycles. The Morgan fingerprint density at radius 3 is 2.31 bits per heavy atom. The summed E-state index contributed by atoms with van der Waals surface area (Å²) in [5.74, 6) is -2.46. The van der Waals surface area contributed by atoms with Gasteiger partial charge in [-0.25, -0.2) is 14.4 Å². The van der Waals surface area contributed by atoms with Crippen molar-refractivity contribution >= 4 is 35.8 Å². The number of carbonyl (C=O) groups excluding carboxylic acids is 6. The SMILES string of the molecule is C=CC1CC1(NC(=O)N1C[C@@H](OC(=O)N2CCc3ccccc3C2)C[C@H]1C(=O)N[C@H](C(=O)N[C@H](C(=O)NC)C1CCCCC1)C(C)(C)C)C(=O)OC. The van der Waals surface area contributed by atoms with Crippen LogP contribution in [0.4, 0.5) is 9.59 Å². The number of hydrogen-bond acceptors (Lipinski definition) is 8. The molecule has 6 amide bonds. The average molecular weight is 723 g/mol. The van der Waals surface area contributed by atoms with Crippen LogP contribution in [0.15, 0.2) is 36.9 Å². The summed E-state index contributed by atoms with van der Waals surface area (Å²) in [5, 5.41) is 11.2. The Morgan fingerprint density at radius 1 is 1.00 bits per heavy atom. The Bertz CT molecular complexity index is 1550. The van der Waals surface area contributed by atoms with Crippen molar-refractivity contribution < 1.29 is 38.2 Å². The number of hydrogen-bond donors (Lipinski definition) is 4. The van der Waals surface area contributed by atoms with Crippen molar-refractivity contribution in [2.75, 3.05) is 27.2 Å². The Balaban J connectivity index is 1.34. The number of likely N-dealkylation sites (N-methyl/N-ethyl adjacent to an activating group) is 1. The van der Waals surface area contributed by atoms with Gasteiger partial charge in [-0.2, -0.15) is 0 Å². The van der Waals surface area contributed by atoms with E-state index < -0.39 is 65.1 Å². The molecule has 5 rings (SSSR count). The Kier molecular flexibility index (Phi) is 11.8. The molecule has 3 fully saturated rings. The van der Waals surface area contributed by atoms with Crippen molar-refractivity contribution in [1.82, 2.24) is 31.1 Å². The lowest BCUT2D eigenvalue weighted by Gasteiger charge is -2.35.